The van der Waals surface area contributed by atoms with Gasteiger partial charge in [-0.1, -0.05) is 28.1 Å². The maximum Gasteiger partial charge on any atom is 0.355 e. The third kappa shape index (κ3) is 1.95. The van der Waals surface area contributed by atoms with Crippen LogP contribution < -0.4 is 5.32 Å². The Morgan fingerprint density at radius 1 is 1.39 bits per heavy atom. The van der Waals surface area contributed by atoms with Gasteiger partial charge in [-0.3, -0.25) is 4.99 Å². The van der Waals surface area contributed by atoms with Crippen LogP contribution in [0.3, 0.4) is 0 Å². The standard InChI is InChI=1S/C13H11BrN2O2/c14-9-3-1-2-8(6-9)11-10-7-18-13(17)12(10)16-5-4-15-11/h1-3,6,16H,4-5,7H2. The van der Waals surface area contributed by atoms with Gasteiger partial charge >= 0.3 is 5.97 Å². The zero-order chi connectivity index (χ0) is 12.5. The van der Waals surface area contributed by atoms with Crippen molar-refractivity contribution in [2.75, 3.05) is 19.7 Å². The topological polar surface area (TPSA) is 50.7 Å². The van der Waals surface area contributed by atoms with E-state index in [4.69, 9.17) is 4.74 Å². The van der Waals surface area contributed by atoms with Crippen LogP contribution in [0.15, 0.2) is 45.0 Å². The van der Waals surface area contributed by atoms with E-state index in [-0.39, 0.29) is 5.97 Å². The van der Waals surface area contributed by atoms with Gasteiger partial charge < -0.3 is 10.1 Å². The Balaban J connectivity index is 2.09. The predicted molar refractivity (Wildman–Crippen MR) is 71.5 cm³/mol. The molecule has 1 aromatic rings. The number of rotatable bonds is 1. The largest absolute Gasteiger partial charge is 0.456 e. The van der Waals surface area contributed by atoms with Gasteiger partial charge in [0.1, 0.15) is 12.3 Å². The molecular formula is C13H11BrN2O2. The Kier molecular flexibility index (Phi) is 2.91. The van der Waals surface area contributed by atoms with Gasteiger partial charge in [0.25, 0.3) is 0 Å². The van der Waals surface area contributed by atoms with Crippen molar-refractivity contribution in [1.29, 1.82) is 0 Å². The third-order valence-electron chi connectivity index (χ3n) is 2.92. The van der Waals surface area contributed by atoms with E-state index in [0.29, 0.717) is 25.4 Å². The molecule has 0 atom stereocenters. The smallest absolute Gasteiger partial charge is 0.355 e. The molecular weight excluding hydrogens is 296 g/mol. The molecule has 0 aromatic heterocycles. The Bertz CT molecular complexity index is 578. The van der Waals surface area contributed by atoms with Crippen molar-refractivity contribution in [1.82, 2.24) is 5.32 Å². The Hall–Kier alpha value is -1.62. The van der Waals surface area contributed by atoms with Gasteiger partial charge in [-0.2, -0.15) is 0 Å². The molecule has 0 saturated heterocycles. The van der Waals surface area contributed by atoms with Crippen molar-refractivity contribution in [3.63, 3.8) is 0 Å². The number of carbonyl (C=O) groups is 1. The highest BCUT2D eigenvalue weighted by Gasteiger charge is 2.29. The SMILES string of the molecule is O=C1OCC2=C1NCCN=C2c1cccc(Br)c1. The summed E-state index contributed by atoms with van der Waals surface area (Å²) in [4.78, 5) is 16.2. The summed E-state index contributed by atoms with van der Waals surface area (Å²) in [5, 5.41) is 3.09. The minimum absolute atomic E-state index is 0.283. The van der Waals surface area contributed by atoms with Crippen LogP contribution in [0.25, 0.3) is 0 Å². The van der Waals surface area contributed by atoms with Crippen molar-refractivity contribution in [3.05, 3.63) is 45.6 Å². The Morgan fingerprint density at radius 3 is 3.11 bits per heavy atom. The summed E-state index contributed by atoms with van der Waals surface area (Å²) < 4.78 is 6.06. The summed E-state index contributed by atoms with van der Waals surface area (Å²) in [5.41, 5.74) is 3.27. The predicted octanol–water partition coefficient (Wildman–Crippen LogP) is 1.65. The average molecular weight is 307 g/mol. The molecule has 5 heteroatoms. The molecule has 0 saturated carbocycles. The van der Waals surface area contributed by atoms with Gasteiger partial charge in [-0.25, -0.2) is 4.79 Å². The van der Waals surface area contributed by atoms with E-state index in [0.717, 1.165) is 21.3 Å². The number of esters is 1. The maximum absolute atomic E-state index is 11.6. The quantitative estimate of drug-likeness (QED) is 0.803. The molecule has 1 aromatic carbocycles. The molecule has 0 unspecified atom stereocenters. The third-order valence-corrected chi connectivity index (χ3v) is 3.41. The number of nitrogens with one attached hydrogen (secondary N) is 1. The number of hydrogen-bond donors (Lipinski definition) is 1. The second kappa shape index (κ2) is 4.57. The molecule has 18 heavy (non-hydrogen) atoms. The van der Waals surface area contributed by atoms with Gasteiger partial charge in [0.2, 0.25) is 0 Å². The van der Waals surface area contributed by atoms with Gasteiger partial charge in [0, 0.05) is 22.2 Å². The number of aliphatic imine (C=N–C) groups is 1. The lowest BCUT2D eigenvalue weighted by Gasteiger charge is -2.06. The van der Waals surface area contributed by atoms with E-state index in [1.807, 2.05) is 24.3 Å². The van der Waals surface area contributed by atoms with Gasteiger partial charge in [-0.15, -0.1) is 0 Å². The number of hydrogen-bond acceptors (Lipinski definition) is 4. The molecule has 4 nitrogen and oxygen atoms in total. The zero-order valence-electron chi connectivity index (χ0n) is 9.57. The molecule has 2 aliphatic rings. The molecule has 0 radical (unpaired) electrons. The van der Waals surface area contributed by atoms with E-state index in [1.54, 1.807) is 0 Å². The van der Waals surface area contributed by atoms with Crippen LogP contribution in [0.5, 0.6) is 0 Å². The molecule has 0 bridgehead atoms. The fraction of sp³-hybridized carbons (Fsp3) is 0.231. The number of nitrogens with zero attached hydrogens (tertiary/aromatic N) is 1. The molecule has 0 aliphatic carbocycles. The molecule has 0 spiro atoms. The highest BCUT2D eigenvalue weighted by molar-refractivity contribution is 9.10. The highest BCUT2D eigenvalue weighted by Crippen LogP contribution is 2.22. The first-order valence-electron chi connectivity index (χ1n) is 5.70. The molecule has 1 N–H and O–H groups in total. The van der Waals surface area contributed by atoms with Crippen LogP contribution in [0, 0.1) is 0 Å². The minimum atomic E-state index is -0.283. The molecule has 2 aliphatic heterocycles. The molecule has 2 heterocycles. The van der Waals surface area contributed by atoms with Gasteiger partial charge in [0.15, 0.2) is 0 Å². The first kappa shape index (κ1) is 11.5. The second-order valence-corrected chi connectivity index (χ2v) is 5.01. The number of carbonyl (C=O) groups excluding carboxylic acids is 1. The molecule has 0 fully saturated rings. The van der Waals surface area contributed by atoms with E-state index < -0.39 is 0 Å². The summed E-state index contributed by atoms with van der Waals surface area (Å²) in [5.74, 6) is -0.283. The number of ether oxygens (including phenoxy) is 1. The summed E-state index contributed by atoms with van der Waals surface area (Å²) in [6.45, 7) is 1.61. The first-order valence-corrected chi connectivity index (χ1v) is 6.50. The van der Waals surface area contributed by atoms with E-state index in [9.17, 15) is 4.79 Å². The molecule has 0 amide bonds. The van der Waals surface area contributed by atoms with E-state index >= 15 is 0 Å². The monoisotopic (exact) mass is 306 g/mol. The van der Waals surface area contributed by atoms with Crippen molar-refractivity contribution < 1.29 is 9.53 Å². The number of halogens is 1. The normalized spacial score (nSPS) is 18.7. The minimum Gasteiger partial charge on any atom is -0.456 e. The van der Waals surface area contributed by atoms with Crippen molar-refractivity contribution in [2.24, 2.45) is 4.99 Å². The summed E-state index contributed by atoms with van der Waals surface area (Å²) in [6, 6.07) is 7.91. The van der Waals surface area contributed by atoms with Gasteiger partial charge in [-0.05, 0) is 12.1 Å². The van der Waals surface area contributed by atoms with Crippen molar-refractivity contribution in [2.45, 2.75) is 0 Å². The van der Waals surface area contributed by atoms with Gasteiger partial charge in [0.05, 0.1) is 12.3 Å². The van der Waals surface area contributed by atoms with Crippen LogP contribution in [0.4, 0.5) is 0 Å². The Labute approximate surface area is 113 Å². The lowest BCUT2D eigenvalue weighted by Crippen LogP contribution is -2.21. The van der Waals surface area contributed by atoms with Crippen LogP contribution >= 0.6 is 15.9 Å². The molecule has 3 rings (SSSR count). The van der Waals surface area contributed by atoms with Crippen molar-refractivity contribution in [3.8, 4) is 0 Å². The lowest BCUT2D eigenvalue weighted by molar-refractivity contribution is -0.136. The van der Waals surface area contributed by atoms with Crippen LogP contribution in [-0.4, -0.2) is 31.4 Å². The summed E-state index contributed by atoms with van der Waals surface area (Å²) in [6.07, 6.45) is 0. The average Bonchev–Trinajstić information content (AvgIpc) is 2.61. The summed E-state index contributed by atoms with van der Waals surface area (Å²) >= 11 is 3.45. The fourth-order valence-electron chi connectivity index (χ4n) is 2.12. The van der Waals surface area contributed by atoms with Crippen molar-refractivity contribution >= 4 is 27.6 Å². The van der Waals surface area contributed by atoms with E-state index in [2.05, 4.69) is 26.2 Å². The van der Waals surface area contributed by atoms with Crippen LogP contribution in [0.2, 0.25) is 0 Å². The fourth-order valence-corrected chi connectivity index (χ4v) is 2.52. The van der Waals surface area contributed by atoms with E-state index in [1.165, 1.54) is 0 Å². The Morgan fingerprint density at radius 2 is 2.28 bits per heavy atom. The maximum atomic E-state index is 11.6. The first-order chi connectivity index (χ1) is 8.75. The second-order valence-electron chi connectivity index (χ2n) is 4.10. The highest BCUT2D eigenvalue weighted by atomic mass is 79.9. The zero-order valence-corrected chi connectivity index (χ0v) is 11.2. The molecule has 92 valence electrons. The van der Waals surface area contributed by atoms with Crippen LogP contribution in [0.1, 0.15) is 5.56 Å². The summed E-state index contributed by atoms with van der Waals surface area (Å²) in [7, 11) is 0. The lowest BCUT2D eigenvalue weighted by atomic mass is 10.0. The van der Waals surface area contributed by atoms with Crippen LogP contribution in [-0.2, 0) is 9.53 Å². The number of benzene rings is 1. The number of cyclic esters (lactones) is 1.